The molecular formula is C21H29F2N3O4. The van der Waals surface area contributed by atoms with Crippen LogP contribution in [0.3, 0.4) is 0 Å². The fraction of sp³-hybridized carbons (Fsp3) is 0.571. The number of nitrogens with one attached hydrogen (secondary N) is 2. The second kappa shape index (κ2) is 10.4. The van der Waals surface area contributed by atoms with Gasteiger partial charge in [-0.3, -0.25) is 9.59 Å². The molecule has 1 aliphatic heterocycles. The zero-order valence-corrected chi connectivity index (χ0v) is 17.6. The molecule has 1 fully saturated rings. The third-order valence-electron chi connectivity index (χ3n) is 4.60. The molecule has 3 amide bonds. The van der Waals surface area contributed by atoms with Gasteiger partial charge in [0.05, 0.1) is 5.56 Å². The maximum atomic E-state index is 13.6. The second-order valence-corrected chi connectivity index (χ2v) is 8.28. The van der Waals surface area contributed by atoms with E-state index in [0.717, 1.165) is 12.1 Å². The largest absolute Gasteiger partial charge is 0.444 e. The number of hydrogen-bond donors (Lipinski definition) is 2. The summed E-state index contributed by atoms with van der Waals surface area (Å²) in [4.78, 5) is 37.8. The number of carbonyl (C=O) groups excluding carboxylic acids is 3. The maximum Gasteiger partial charge on any atom is 0.407 e. The Balaban J connectivity index is 1.65. The average molecular weight is 425 g/mol. The minimum atomic E-state index is -0.925. The zero-order valence-electron chi connectivity index (χ0n) is 17.6. The molecular weight excluding hydrogens is 396 g/mol. The maximum absolute atomic E-state index is 13.6. The highest BCUT2D eigenvalue weighted by molar-refractivity contribution is 5.94. The monoisotopic (exact) mass is 425 g/mol. The highest BCUT2D eigenvalue weighted by Gasteiger charge is 2.25. The molecule has 0 spiro atoms. The first-order valence-corrected chi connectivity index (χ1v) is 10.1. The van der Waals surface area contributed by atoms with Gasteiger partial charge in [0.25, 0.3) is 5.91 Å². The molecule has 166 valence electrons. The number of amides is 3. The van der Waals surface area contributed by atoms with Gasteiger partial charge in [0.15, 0.2) is 0 Å². The van der Waals surface area contributed by atoms with Gasteiger partial charge >= 0.3 is 6.09 Å². The number of piperidine rings is 1. The summed E-state index contributed by atoms with van der Waals surface area (Å²) in [5.41, 5.74) is -0.791. The Morgan fingerprint density at radius 2 is 1.83 bits per heavy atom. The molecule has 1 aliphatic rings. The van der Waals surface area contributed by atoms with Gasteiger partial charge in [-0.15, -0.1) is 0 Å². The summed E-state index contributed by atoms with van der Waals surface area (Å²) in [5.74, 6) is -2.35. The molecule has 0 aliphatic carbocycles. The van der Waals surface area contributed by atoms with Gasteiger partial charge < -0.3 is 20.3 Å². The van der Waals surface area contributed by atoms with Crippen LogP contribution in [0.5, 0.6) is 0 Å². The van der Waals surface area contributed by atoms with Gasteiger partial charge in [0.2, 0.25) is 5.91 Å². The van der Waals surface area contributed by atoms with Crippen LogP contribution in [0.2, 0.25) is 0 Å². The quantitative estimate of drug-likeness (QED) is 0.686. The van der Waals surface area contributed by atoms with E-state index in [4.69, 9.17) is 4.74 Å². The van der Waals surface area contributed by atoms with Crippen molar-refractivity contribution in [1.82, 2.24) is 15.5 Å². The van der Waals surface area contributed by atoms with Crippen LogP contribution in [0.15, 0.2) is 18.2 Å². The number of alkyl carbamates (subject to hydrolysis) is 1. The SMILES string of the molecule is CC(C)(C)OC(=O)NC1CCN(C(=O)CCCNC(=O)c2ccc(F)cc2F)CC1. The van der Waals surface area contributed by atoms with E-state index in [1.165, 1.54) is 0 Å². The zero-order chi connectivity index (χ0) is 22.3. The fourth-order valence-electron chi connectivity index (χ4n) is 3.12. The van der Waals surface area contributed by atoms with Crippen LogP contribution < -0.4 is 10.6 Å². The van der Waals surface area contributed by atoms with Gasteiger partial charge in [0.1, 0.15) is 17.2 Å². The van der Waals surface area contributed by atoms with Crippen molar-refractivity contribution in [1.29, 1.82) is 0 Å². The van der Waals surface area contributed by atoms with E-state index < -0.39 is 29.2 Å². The minimum absolute atomic E-state index is 0.0335. The number of benzene rings is 1. The van der Waals surface area contributed by atoms with Crippen LogP contribution in [0.25, 0.3) is 0 Å². The van der Waals surface area contributed by atoms with Crippen molar-refractivity contribution in [3.05, 3.63) is 35.4 Å². The molecule has 0 radical (unpaired) electrons. The topological polar surface area (TPSA) is 87.7 Å². The predicted octanol–water partition coefficient (Wildman–Crippen LogP) is 2.99. The normalized spacial score (nSPS) is 14.9. The van der Waals surface area contributed by atoms with Crippen LogP contribution in [0.1, 0.15) is 56.8 Å². The molecule has 9 heteroatoms. The molecule has 0 saturated carbocycles. The van der Waals surface area contributed by atoms with Crippen molar-refractivity contribution in [2.45, 2.75) is 58.1 Å². The molecule has 7 nitrogen and oxygen atoms in total. The number of ether oxygens (including phenoxy) is 1. The van der Waals surface area contributed by atoms with Crippen LogP contribution in [-0.4, -0.2) is 54.1 Å². The third kappa shape index (κ3) is 7.61. The smallest absolute Gasteiger partial charge is 0.407 e. The lowest BCUT2D eigenvalue weighted by Crippen LogP contribution is -2.47. The average Bonchev–Trinajstić information content (AvgIpc) is 2.64. The van der Waals surface area contributed by atoms with Crippen molar-refractivity contribution in [3.8, 4) is 0 Å². The summed E-state index contributed by atoms with van der Waals surface area (Å²) in [7, 11) is 0. The van der Waals surface area contributed by atoms with Crippen LogP contribution in [-0.2, 0) is 9.53 Å². The van der Waals surface area contributed by atoms with Crippen molar-refractivity contribution >= 4 is 17.9 Å². The number of carbonyl (C=O) groups is 3. The molecule has 0 aromatic heterocycles. The first-order valence-electron chi connectivity index (χ1n) is 10.1. The first kappa shape index (κ1) is 23.6. The number of rotatable bonds is 6. The highest BCUT2D eigenvalue weighted by atomic mass is 19.1. The molecule has 2 N–H and O–H groups in total. The van der Waals surface area contributed by atoms with E-state index in [2.05, 4.69) is 10.6 Å². The van der Waals surface area contributed by atoms with E-state index in [1.54, 1.807) is 25.7 Å². The highest BCUT2D eigenvalue weighted by Crippen LogP contribution is 2.14. The summed E-state index contributed by atoms with van der Waals surface area (Å²) in [6, 6.07) is 2.72. The molecule has 30 heavy (non-hydrogen) atoms. The molecule has 1 heterocycles. The summed E-state index contributed by atoms with van der Waals surface area (Å²) in [6.07, 6.45) is 1.48. The van der Waals surface area contributed by atoms with Gasteiger partial charge in [-0.25, -0.2) is 13.6 Å². The predicted molar refractivity (Wildman–Crippen MR) is 107 cm³/mol. The van der Waals surface area contributed by atoms with E-state index in [0.29, 0.717) is 38.4 Å². The van der Waals surface area contributed by atoms with Crippen molar-refractivity contribution in [2.24, 2.45) is 0 Å². The summed E-state index contributed by atoms with van der Waals surface area (Å²) >= 11 is 0. The van der Waals surface area contributed by atoms with Gasteiger partial charge in [0, 0.05) is 38.2 Å². The fourth-order valence-corrected chi connectivity index (χ4v) is 3.12. The van der Waals surface area contributed by atoms with Crippen LogP contribution in [0.4, 0.5) is 13.6 Å². The van der Waals surface area contributed by atoms with E-state index >= 15 is 0 Å². The molecule has 1 aromatic carbocycles. The first-order chi connectivity index (χ1) is 14.0. The number of halogens is 2. The standard InChI is InChI=1S/C21H29F2N3O4/c1-21(2,3)30-20(29)25-15-8-11-26(12-9-15)18(27)5-4-10-24-19(28)16-7-6-14(22)13-17(16)23/h6-7,13,15H,4-5,8-12H2,1-3H3,(H,24,28)(H,25,29). The Morgan fingerprint density at radius 1 is 1.17 bits per heavy atom. The van der Waals surface area contributed by atoms with E-state index in [-0.39, 0.29) is 30.5 Å². The lowest BCUT2D eigenvalue weighted by Gasteiger charge is -2.33. The van der Waals surface area contributed by atoms with Crippen molar-refractivity contribution in [2.75, 3.05) is 19.6 Å². The summed E-state index contributed by atoms with van der Waals surface area (Å²) in [6.45, 7) is 6.67. The number of nitrogens with zero attached hydrogens (tertiary/aromatic N) is 1. The van der Waals surface area contributed by atoms with Gasteiger partial charge in [-0.05, 0) is 52.2 Å². The molecule has 0 bridgehead atoms. The number of likely N-dealkylation sites (tertiary alicyclic amines) is 1. The van der Waals surface area contributed by atoms with E-state index in [9.17, 15) is 23.2 Å². The Morgan fingerprint density at radius 3 is 2.43 bits per heavy atom. The summed E-state index contributed by atoms with van der Waals surface area (Å²) in [5, 5.41) is 5.35. The van der Waals surface area contributed by atoms with E-state index in [1.807, 2.05) is 0 Å². The van der Waals surface area contributed by atoms with Crippen LogP contribution >= 0.6 is 0 Å². The van der Waals surface area contributed by atoms with Gasteiger partial charge in [-0.1, -0.05) is 0 Å². The van der Waals surface area contributed by atoms with Crippen LogP contribution in [0, 0.1) is 11.6 Å². The third-order valence-corrected chi connectivity index (χ3v) is 4.60. The van der Waals surface area contributed by atoms with Gasteiger partial charge in [-0.2, -0.15) is 0 Å². The molecule has 2 rings (SSSR count). The van der Waals surface area contributed by atoms with Crippen molar-refractivity contribution < 1.29 is 27.9 Å². The minimum Gasteiger partial charge on any atom is -0.444 e. The van der Waals surface area contributed by atoms with Crippen molar-refractivity contribution in [3.63, 3.8) is 0 Å². The Hall–Kier alpha value is -2.71. The summed E-state index contributed by atoms with van der Waals surface area (Å²) < 4.78 is 31.7. The Bertz CT molecular complexity index is 772. The lowest BCUT2D eigenvalue weighted by atomic mass is 10.0. The Labute approximate surface area is 175 Å². The molecule has 1 aromatic rings. The number of hydrogen-bond acceptors (Lipinski definition) is 4. The molecule has 1 saturated heterocycles. The Kier molecular flexibility index (Phi) is 8.14. The second-order valence-electron chi connectivity index (χ2n) is 8.28. The lowest BCUT2D eigenvalue weighted by molar-refractivity contribution is -0.132. The molecule has 0 atom stereocenters. The molecule has 0 unspecified atom stereocenters.